The summed E-state index contributed by atoms with van der Waals surface area (Å²) in [4.78, 5) is 22.0. The molecule has 0 spiro atoms. The maximum Gasteiger partial charge on any atom is 0.290 e. The third-order valence-electron chi connectivity index (χ3n) is 5.49. The standard InChI is InChI=1S/C20H28N2OS.CH2O2/c1-12-16-10-20(2,3)8-7-17(16)24-18(12)15-9-13(19(23)22-4)5-6-14(15)11-21;2-1-3/h5-6,9,12,18H,7-8,10-11,21H2,1-4H3,(H,22,23);1H,(H,2,3). The van der Waals surface area contributed by atoms with Gasteiger partial charge in [0.05, 0.1) is 0 Å². The molecule has 1 aliphatic heterocycles. The number of rotatable bonds is 3. The third-order valence-corrected chi connectivity index (χ3v) is 7.16. The van der Waals surface area contributed by atoms with Gasteiger partial charge in [0.2, 0.25) is 0 Å². The van der Waals surface area contributed by atoms with Gasteiger partial charge in [-0.3, -0.25) is 9.59 Å². The van der Waals surface area contributed by atoms with Gasteiger partial charge in [0.25, 0.3) is 12.4 Å². The molecule has 1 aromatic carbocycles. The van der Waals surface area contributed by atoms with Crippen molar-refractivity contribution in [2.45, 2.75) is 51.8 Å². The molecule has 2 atom stereocenters. The lowest BCUT2D eigenvalue weighted by atomic mass is 9.73. The van der Waals surface area contributed by atoms with Crippen LogP contribution in [0.2, 0.25) is 0 Å². The largest absolute Gasteiger partial charge is 0.483 e. The Morgan fingerprint density at radius 3 is 2.70 bits per heavy atom. The smallest absolute Gasteiger partial charge is 0.290 e. The predicted octanol–water partition coefficient (Wildman–Crippen LogP) is 4.09. The molecule has 1 heterocycles. The highest BCUT2D eigenvalue weighted by molar-refractivity contribution is 8.03. The highest BCUT2D eigenvalue weighted by Crippen LogP contribution is 2.59. The molecule has 0 radical (unpaired) electrons. The number of hydrogen-bond donors (Lipinski definition) is 3. The lowest BCUT2D eigenvalue weighted by Gasteiger charge is -2.32. The van der Waals surface area contributed by atoms with Crippen molar-refractivity contribution in [1.82, 2.24) is 5.32 Å². The zero-order valence-corrected chi connectivity index (χ0v) is 17.4. The van der Waals surface area contributed by atoms with E-state index < -0.39 is 0 Å². The van der Waals surface area contributed by atoms with Crippen molar-refractivity contribution in [1.29, 1.82) is 0 Å². The van der Waals surface area contributed by atoms with Gasteiger partial charge in [0.1, 0.15) is 0 Å². The molecule has 0 aromatic heterocycles. The molecule has 5 nitrogen and oxygen atoms in total. The average molecular weight is 391 g/mol. The number of nitrogens with one attached hydrogen (secondary N) is 1. The Kier molecular flexibility index (Phi) is 7.12. The van der Waals surface area contributed by atoms with Crippen LogP contribution in [0.15, 0.2) is 28.7 Å². The summed E-state index contributed by atoms with van der Waals surface area (Å²) in [5.41, 5.74) is 11.2. The number of allylic oxidation sites excluding steroid dienone is 2. The summed E-state index contributed by atoms with van der Waals surface area (Å²) >= 11 is 2.01. The van der Waals surface area contributed by atoms with Crippen molar-refractivity contribution in [3.63, 3.8) is 0 Å². The third kappa shape index (κ3) is 4.74. The van der Waals surface area contributed by atoms with Crippen molar-refractivity contribution in [2.24, 2.45) is 17.1 Å². The molecule has 148 valence electrons. The number of amides is 1. The van der Waals surface area contributed by atoms with E-state index in [1.54, 1.807) is 17.5 Å². The van der Waals surface area contributed by atoms with E-state index in [4.69, 9.17) is 15.6 Å². The predicted molar refractivity (Wildman–Crippen MR) is 111 cm³/mol. The van der Waals surface area contributed by atoms with Crippen LogP contribution in [-0.4, -0.2) is 24.5 Å². The monoisotopic (exact) mass is 390 g/mol. The van der Waals surface area contributed by atoms with Crippen molar-refractivity contribution < 1.29 is 14.7 Å². The first-order valence-corrected chi connectivity index (χ1v) is 10.2. The van der Waals surface area contributed by atoms with Crippen LogP contribution in [0, 0.1) is 11.3 Å². The van der Waals surface area contributed by atoms with Gasteiger partial charge in [-0.1, -0.05) is 32.4 Å². The Labute approximate surface area is 165 Å². The van der Waals surface area contributed by atoms with Crippen molar-refractivity contribution >= 4 is 24.1 Å². The SMILES string of the molecule is CNC(=O)c1ccc(CN)c(C2SC3=C(CC(C)(C)CC3)C2C)c1.O=CO. The van der Waals surface area contributed by atoms with Gasteiger partial charge >= 0.3 is 0 Å². The van der Waals surface area contributed by atoms with Crippen molar-refractivity contribution in [2.75, 3.05) is 7.05 Å². The van der Waals surface area contributed by atoms with Crippen LogP contribution in [0.4, 0.5) is 0 Å². The minimum absolute atomic E-state index is 0.0330. The fraction of sp³-hybridized carbons (Fsp3) is 0.524. The minimum Gasteiger partial charge on any atom is -0.483 e. The zero-order chi connectivity index (χ0) is 20.2. The van der Waals surface area contributed by atoms with Gasteiger partial charge in [-0.2, -0.15) is 0 Å². The lowest BCUT2D eigenvalue weighted by Crippen LogP contribution is -2.20. The molecule has 0 saturated heterocycles. The zero-order valence-electron chi connectivity index (χ0n) is 16.5. The number of benzene rings is 1. The second-order valence-electron chi connectivity index (χ2n) is 7.92. The molecule has 1 amide bonds. The van der Waals surface area contributed by atoms with Gasteiger partial charge in [-0.25, -0.2) is 0 Å². The van der Waals surface area contributed by atoms with Crippen LogP contribution in [0.1, 0.15) is 66.8 Å². The lowest BCUT2D eigenvalue weighted by molar-refractivity contribution is -0.122. The molecular formula is C21H30N2O3S. The van der Waals surface area contributed by atoms with Crippen LogP contribution >= 0.6 is 11.8 Å². The fourth-order valence-electron chi connectivity index (χ4n) is 3.97. The number of carbonyl (C=O) groups is 2. The normalized spacial score (nSPS) is 23.1. The number of carbonyl (C=O) groups excluding carboxylic acids is 1. The van der Waals surface area contributed by atoms with Crippen LogP contribution in [0.25, 0.3) is 0 Å². The van der Waals surface area contributed by atoms with E-state index in [0.29, 0.717) is 23.1 Å². The van der Waals surface area contributed by atoms with E-state index >= 15 is 0 Å². The average Bonchev–Trinajstić information content (AvgIpc) is 2.96. The molecular weight excluding hydrogens is 360 g/mol. The molecule has 1 aromatic rings. The maximum absolute atomic E-state index is 12.0. The van der Waals surface area contributed by atoms with Gasteiger partial charge in [-0.05, 0) is 58.8 Å². The summed E-state index contributed by atoms with van der Waals surface area (Å²) in [6.45, 7) is 7.36. The molecule has 27 heavy (non-hydrogen) atoms. The van der Waals surface area contributed by atoms with Crippen molar-refractivity contribution in [3.05, 3.63) is 45.4 Å². The van der Waals surface area contributed by atoms with Crippen LogP contribution < -0.4 is 11.1 Å². The van der Waals surface area contributed by atoms with Gasteiger partial charge in [0.15, 0.2) is 0 Å². The second-order valence-corrected chi connectivity index (χ2v) is 9.16. The summed E-state index contributed by atoms with van der Waals surface area (Å²) in [5.74, 6) is 0.476. The van der Waals surface area contributed by atoms with Crippen molar-refractivity contribution in [3.8, 4) is 0 Å². The molecule has 0 fully saturated rings. The molecule has 6 heteroatoms. The van der Waals surface area contributed by atoms with E-state index in [2.05, 4.69) is 32.2 Å². The Morgan fingerprint density at radius 1 is 1.44 bits per heavy atom. The Morgan fingerprint density at radius 2 is 2.11 bits per heavy atom. The molecule has 0 saturated carbocycles. The quantitative estimate of drug-likeness (QED) is 0.676. The van der Waals surface area contributed by atoms with E-state index in [0.717, 1.165) is 11.1 Å². The van der Waals surface area contributed by atoms with E-state index in [9.17, 15) is 4.79 Å². The maximum atomic E-state index is 12.0. The first-order valence-electron chi connectivity index (χ1n) is 9.29. The van der Waals surface area contributed by atoms with Gasteiger partial charge in [-0.15, -0.1) is 11.8 Å². The minimum atomic E-state index is -0.250. The Balaban J connectivity index is 0.000000817. The highest BCUT2D eigenvalue weighted by Gasteiger charge is 2.39. The Hall–Kier alpha value is -1.79. The molecule has 0 bridgehead atoms. The summed E-state index contributed by atoms with van der Waals surface area (Å²) in [5, 5.41) is 9.99. The highest BCUT2D eigenvalue weighted by atomic mass is 32.2. The van der Waals surface area contributed by atoms with Gasteiger partial charge < -0.3 is 16.2 Å². The topological polar surface area (TPSA) is 92.4 Å². The van der Waals surface area contributed by atoms with E-state index in [-0.39, 0.29) is 12.4 Å². The first kappa shape index (κ1) is 21.5. The fourth-order valence-corrected chi connectivity index (χ4v) is 5.62. The molecule has 4 N–H and O–H groups in total. The number of hydrogen-bond acceptors (Lipinski definition) is 4. The van der Waals surface area contributed by atoms with Crippen LogP contribution in [0.3, 0.4) is 0 Å². The summed E-state index contributed by atoms with van der Waals surface area (Å²) in [7, 11) is 1.67. The number of nitrogens with two attached hydrogens (primary N) is 1. The van der Waals surface area contributed by atoms with E-state index in [1.807, 2.05) is 23.9 Å². The van der Waals surface area contributed by atoms with Crippen LogP contribution in [-0.2, 0) is 11.3 Å². The molecule has 2 unspecified atom stereocenters. The number of thioether (sulfide) groups is 1. The molecule has 1 aliphatic carbocycles. The summed E-state index contributed by atoms with van der Waals surface area (Å²) in [6, 6.07) is 5.96. The summed E-state index contributed by atoms with van der Waals surface area (Å²) in [6.07, 6.45) is 3.65. The van der Waals surface area contributed by atoms with E-state index in [1.165, 1.54) is 24.8 Å². The van der Waals surface area contributed by atoms with Crippen LogP contribution in [0.5, 0.6) is 0 Å². The first-order chi connectivity index (χ1) is 12.8. The molecule has 2 aliphatic rings. The molecule has 3 rings (SSSR count). The number of carboxylic acid groups (broad SMARTS) is 1. The van der Waals surface area contributed by atoms with Gasteiger partial charge in [0, 0.05) is 24.4 Å². The second kappa shape index (κ2) is 8.93. The summed E-state index contributed by atoms with van der Waals surface area (Å²) < 4.78 is 0. The Bertz CT molecular complexity index is 743.